The number of carboxylic acids is 1. The second-order valence-electron chi connectivity index (χ2n) is 5.15. The zero-order chi connectivity index (χ0) is 16.2. The van der Waals surface area contributed by atoms with Crippen molar-refractivity contribution in [3.8, 4) is 5.75 Å². The zero-order valence-electron chi connectivity index (χ0n) is 12.7. The van der Waals surface area contributed by atoms with Crippen LogP contribution < -0.4 is 9.64 Å². The Bertz CT molecular complexity index is 690. The molecule has 1 aliphatic rings. The fraction of sp³-hybridized carbons (Fsp3) is 0.312. The van der Waals surface area contributed by atoms with Gasteiger partial charge in [-0.25, -0.2) is 14.8 Å². The van der Waals surface area contributed by atoms with Gasteiger partial charge in [0.1, 0.15) is 17.7 Å². The van der Waals surface area contributed by atoms with E-state index in [-0.39, 0.29) is 11.8 Å². The molecule has 1 unspecified atom stereocenters. The molecule has 3 rings (SSSR count). The predicted octanol–water partition coefficient (Wildman–Crippen LogP) is 1.76. The molecule has 2 aromatic rings. The van der Waals surface area contributed by atoms with Crippen molar-refractivity contribution in [3.63, 3.8) is 0 Å². The molecular weight excluding hydrogens is 298 g/mol. The molecule has 0 saturated carbocycles. The maximum Gasteiger partial charge on any atom is 0.356 e. The molecule has 0 aliphatic carbocycles. The number of aromatic nitrogens is 2. The van der Waals surface area contributed by atoms with E-state index in [1.54, 1.807) is 7.11 Å². The quantitative estimate of drug-likeness (QED) is 0.920. The fourth-order valence-electron chi connectivity index (χ4n) is 2.50. The Morgan fingerprint density at radius 2 is 2.26 bits per heavy atom. The molecule has 1 atom stereocenters. The second-order valence-corrected chi connectivity index (χ2v) is 5.15. The van der Waals surface area contributed by atoms with Gasteiger partial charge in [-0.2, -0.15) is 0 Å². The van der Waals surface area contributed by atoms with Gasteiger partial charge in [-0.05, 0) is 17.7 Å². The Balaban J connectivity index is 1.76. The lowest BCUT2D eigenvalue weighted by Gasteiger charge is -2.33. The van der Waals surface area contributed by atoms with E-state index >= 15 is 0 Å². The molecule has 0 amide bonds. The van der Waals surface area contributed by atoms with Crippen LogP contribution in [0.2, 0.25) is 0 Å². The van der Waals surface area contributed by atoms with E-state index in [9.17, 15) is 4.79 Å². The van der Waals surface area contributed by atoms with Crippen molar-refractivity contribution in [1.82, 2.24) is 9.97 Å². The maximum atomic E-state index is 10.8. The first-order chi connectivity index (χ1) is 11.2. The molecule has 7 heteroatoms. The van der Waals surface area contributed by atoms with E-state index in [1.165, 1.54) is 12.4 Å². The summed E-state index contributed by atoms with van der Waals surface area (Å²) in [7, 11) is 1.63. The number of benzene rings is 1. The van der Waals surface area contributed by atoms with Crippen LogP contribution in [-0.2, 0) is 4.74 Å². The monoisotopic (exact) mass is 315 g/mol. The van der Waals surface area contributed by atoms with Gasteiger partial charge in [0.2, 0.25) is 0 Å². The molecular formula is C16H17N3O4. The van der Waals surface area contributed by atoms with Gasteiger partial charge in [0.15, 0.2) is 5.69 Å². The highest BCUT2D eigenvalue weighted by molar-refractivity contribution is 5.84. The summed E-state index contributed by atoms with van der Waals surface area (Å²) in [5.74, 6) is 0.348. The third-order valence-corrected chi connectivity index (χ3v) is 3.71. The van der Waals surface area contributed by atoms with Crippen LogP contribution in [0.25, 0.3) is 0 Å². The minimum absolute atomic E-state index is 0.0636. The summed E-state index contributed by atoms with van der Waals surface area (Å²) in [4.78, 5) is 21.0. The number of carboxylic acid groups (broad SMARTS) is 1. The van der Waals surface area contributed by atoms with Gasteiger partial charge in [-0.15, -0.1) is 0 Å². The number of anilines is 1. The summed E-state index contributed by atoms with van der Waals surface area (Å²) < 4.78 is 11.1. The van der Waals surface area contributed by atoms with E-state index in [0.717, 1.165) is 11.3 Å². The highest BCUT2D eigenvalue weighted by Gasteiger charge is 2.23. The summed E-state index contributed by atoms with van der Waals surface area (Å²) in [5.41, 5.74) is 0.968. The maximum absolute atomic E-state index is 10.8. The summed E-state index contributed by atoms with van der Waals surface area (Å²) in [6, 6.07) is 7.77. The van der Waals surface area contributed by atoms with Crippen LogP contribution in [0.1, 0.15) is 22.2 Å². The molecule has 1 fully saturated rings. The largest absolute Gasteiger partial charge is 0.497 e. The standard InChI is InChI=1S/C16H17N3O4/c1-22-12-4-2-3-11(7-12)14-10-19(5-6-23-14)15-9-17-13(8-18-15)16(20)21/h2-4,7-9,14H,5-6,10H2,1H3,(H,20,21). The van der Waals surface area contributed by atoms with Crippen molar-refractivity contribution in [1.29, 1.82) is 0 Å². The number of aromatic carboxylic acids is 1. The van der Waals surface area contributed by atoms with Crippen LogP contribution in [0.4, 0.5) is 5.82 Å². The minimum Gasteiger partial charge on any atom is -0.497 e. The second kappa shape index (κ2) is 6.62. The number of methoxy groups -OCH3 is 1. The van der Waals surface area contributed by atoms with Crippen LogP contribution >= 0.6 is 0 Å². The van der Waals surface area contributed by atoms with Crippen molar-refractivity contribution in [2.75, 3.05) is 31.7 Å². The molecule has 2 heterocycles. The lowest BCUT2D eigenvalue weighted by molar-refractivity contribution is 0.0393. The van der Waals surface area contributed by atoms with Crippen LogP contribution in [-0.4, -0.2) is 47.8 Å². The Morgan fingerprint density at radius 3 is 2.96 bits per heavy atom. The number of nitrogens with zero attached hydrogens (tertiary/aromatic N) is 3. The van der Waals surface area contributed by atoms with Crippen molar-refractivity contribution in [2.24, 2.45) is 0 Å². The summed E-state index contributed by atoms with van der Waals surface area (Å²) >= 11 is 0. The van der Waals surface area contributed by atoms with E-state index in [0.29, 0.717) is 25.5 Å². The van der Waals surface area contributed by atoms with Gasteiger partial charge in [0, 0.05) is 13.1 Å². The molecule has 1 aromatic carbocycles. The molecule has 23 heavy (non-hydrogen) atoms. The summed E-state index contributed by atoms with van der Waals surface area (Å²) in [6.07, 6.45) is 2.66. The normalized spacial score (nSPS) is 17.8. The van der Waals surface area contributed by atoms with E-state index in [1.807, 2.05) is 29.2 Å². The van der Waals surface area contributed by atoms with Crippen molar-refractivity contribution in [2.45, 2.75) is 6.10 Å². The van der Waals surface area contributed by atoms with Crippen LogP contribution in [0.3, 0.4) is 0 Å². The third kappa shape index (κ3) is 3.40. The van der Waals surface area contributed by atoms with Gasteiger partial charge in [0.05, 0.1) is 26.1 Å². The first kappa shape index (κ1) is 15.2. The first-order valence-electron chi connectivity index (χ1n) is 7.23. The average molecular weight is 315 g/mol. The topological polar surface area (TPSA) is 84.8 Å². The number of hydrogen-bond acceptors (Lipinski definition) is 6. The number of morpholine rings is 1. The lowest BCUT2D eigenvalue weighted by Crippen LogP contribution is -2.39. The number of hydrogen-bond donors (Lipinski definition) is 1. The van der Waals surface area contributed by atoms with Gasteiger partial charge >= 0.3 is 5.97 Å². The van der Waals surface area contributed by atoms with Crippen molar-refractivity contribution < 1.29 is 19.4 Å². The molecule has 1 aromatic heterocycles. The highest BCUT2D eigenvalue weighted by atomic mass is 16.5. The van der Waals surface area contributed by atoms with E-state index in [2.05, 4.69) is 9.97 Å². The Morgan fingerprint density at radius 1 is 1.39 bits per heavy atom. The lowest BCUT2D eigenvalue weighted by atomic mass is 10.1. The van der Waals surface area contributed by atoms with Gasteiger partial charge in [0.25, 0.3) is 0 Å². The Labute approximate surface area is 133 Å². The molecule has 1 saturated heterocycles. The highest BCUT2D eigenvalue weighted by Crippen LogP contribution is 2.27. The molecule has 1 N–H and O–H groups in total. The molecule has 0 bridgehead atoms. The molecule has 1 aliphatic heterocycles. The summed E-state index contributed by atoms with van der Waals surface area (Å²) in [5, 5.41) is 8.88. The number of rotatable bonds is 4. The van der Waals surface area contributed by atoms with Gasteiger partial charge in [-0.3, -0.25) is 0 Å². The average Bonchev–Trinajstić information content (AvgIpc) is 2.62. The minimum atomic E-state index is -1.08. The Hall–Kier alpha value is -2.67. The molecule has 0 radical (unpaired) electrons. The molecule has 120 valence electrons. The van der Waals surface area contributed by atoms with E-state index in [4.69, 9.17) is 14.6 Å². The number of ether oxygens (including phenoxy) is 2. The van der Waals surface area contributed by atoms with Crippen molar-refractivity contribution >= 4 is 11.8 Å². The number of carbonyl (C=O) groups is 1. The van der Waals surface area contributed by atoms with Crippen LogP contribution in [0, 0.1) is 0 Å². The van der Waals surface area contributed by atoms with Crippen LogP contribution in [0.15, 0.2) is 36.7 Å². The predicted molar refractivity (Wildman–Crippen MR) is 82.9 cm³/mol. The van der Waals surface area contributed by atoms with Gasteiger partial charge in [-0.1, -0.05) is 12.1 Å². The summed E-state index contributed by atoms with van der Waals surface area (Å²) in [6.45, 7) is 1.86. The smallest absolute Gasteiger partial charge is 0.356 e. The third-order valence-electron chi connectivity index (χ3n) is 3.71. The molecule has 0 spiro atoms. The SMILES string of the molecule is COc1cccc(C2CN(c3cnc(C(=O)O)cn3)CCO2)c1. The van der Waals surface area contributed by atoms with Crippen molar-refractivity contribution in [3.05, 3.63) is 47.9 Å². The molecule has 7 nitrogen and oxygen atoms in total. The Kier molecular flexibility index (Phi) is 4.38. The zero-order valence-corrected chi connectivity index (χ0v) is 12.7. The van der Waals surface area contributed by atoms with Gasteiger partial charge < -0.3 is 19.5 Å². The van der Waals surface area contributed by atoms with Crippen LogP contribution in [0.5, 0.6) is 5.75 Å². The first-order valence-corrected chi connectivity index (χ1v) is 7.23. The van der Waals surface area contributed by atoms with E-state index < -0.39 is 5.97 Å². The fourth-order valence-corrected chi connectivity index (χ4v) is 2.50.